The van der Waals surface area contributed by atoms with Gasteiger partial charge < -0.3 is 9.42 Å². The molecule has 0 saturated carbocycles. The molecule has 1 saturated heterocycles. The lowest BCUT2D eigenvalue weighted by atomic mass is 10.1. The van der Waals surface area contributed by atoms with Gasteiger partial charge in [0.05, 0.1) is 11.0 Å². The second-order valence-corrected chi connectivity index (χ2v) is 8.14. The molecule has 1 aromatic heterocycles. The van der Waals surface area contributed by atoms with Crippen molar-refractivity contribution in [1.82, 2.24) is 10.1 Å². The minimum Gasteiger partial charge on any atom is -0.360 e. The molecule has 2 heterocycles. The highest BCUT2D eigenvalue weighted by Gasteiger charge is 2.22. The summed E-state index contributed by atoms with van der Waals surface area (Å²) in [4.78, 5) is 14.6. The van der Waals surface area contributed by atoms with Gasteiger partial charge >= 0.3 is 0 Å². The van der Waals surface area contributed by atoms with Crippen LogP contribution in [-0.2, 0) is 10.5 Å². The fourth-order valence-corrected chi connectivity index (χ4v) is 3.93. The first kappa shape index (κ1) is 18.3. The Balaban J connectivity index is 1.54. The van der Waals surface area contributed by atoms with Gasteiger partial charge in [0, 0.05) is 29.7 Å². The van der Waals surface area contributed by atoms with E-state index in [0.717, 1.165) is 42.9 Å². The number of likely N-dealkylation sites (tertiary alicyclic amines) is 1. The molecule has 0 bridgehead atoms. The van der Waals surface area contributed by atoms with E-state index in [1.165, 1.54) is 12.8 Å². The average Bonchev–Trinajstić information content (AvgIpc) is 2.93. The zero-order valence-electron chi connectivity index (χ0n) is 14.4. The maximum atomic E-state index is 12.6. The summed E-state index contributed by atoms with van der Waals surface area (Å²) in [5.41, 5.74) is 1.76. The number of benzene rings is 1. The number of hydrogen-bond donors (Lipinski definition) is 0. The molecule has 1 unspecified atom stereocenters. The van der Waals surface area contributed by atoms with Crippen LogP contribution in [0.1, 0.15) is 38.4 Å². The lowest BCUT2D eigenvalue weighted by molar-refractivity contribution is -0.130. The van der Waals surface area contributed by atoms with Crippen LogP contribution in [0.2, 0.25) is 5.02 Å². The number of amides is 1. The molecule has 0 spiro atoms. The maximum Gasteiger partial charge on any atom is 0.235 e. The van der Waals surface area contributed by atoms with Crippen molar-refractivity contribution in [2.24, 2.45) is 0 Å². The highest BCUT2D eigenvalue weighted by atomic mass is 35.5. The molecule has 1 aromatic carbocycles. The number of aromatic nitrogens is 1. The third kappa shape index (κ3) is 5.02. The van der Waals surface area contributed by atoms with Crippen molar-refractivity contribution in [3.05, 3.63) is 41.1 Å². The van der Waals surface area contributed by atoms with Crippen molar-refractivity contribution >= 4 is 29.3 Å². The van der Waals surface area contributed by atoms with Gasteiger partial charge in [-0.2, -0.15) is 0 Å². The van der Waals surface area contributed by atoms with Gasteiger partial charge in [-0.15, -0.1) is 11.8 Å². The smallest absolute Gasteiger partial charge is 0.235 e. The first-order valence-corrected chi connectivity index (χ1v) is 10.2. The van der Waals surface area contributed by atoms with Crippen LogP contribution in [0.4, 0.5) is 0 Å². The Morgan fingerprint density at radius 2 is 1.92 bits per heavy atom. The Kier molecular flexibility index (Phi) is 6.43. The highest BCUT2D eigenvalue weighted by Crippen LogP contribution is 2.25. The third-order valence-electron chi connectivity index (χ3n) is 4.44. The van der Waals surface area contributed by atoms with Crippen molar-refractivity contribution < 1.29 is 9.32 Å². The summed E-state index contributed by atoms with van der Waals surface area (Å²) in [5, 5.41) is 4.74. The van der Waals surface area contributed by atoms with Crippen LogP contribution in [0.25, 0.3) is 11.3 Å². The second kappa shape index (κ2) is 8.77. The number of rotatable bonds is 5. The molecule has 2 aromatic rings. The zero-order valence-corrected chi connectivity index (χ0v) is 16.0. The number of nitrogens with zero attached hydrogens (tertiary/aromatic N) is 2. The molecule has 4 nitrogen and oxygen atoms in total. The summed E-state index contributed by atoms with van der Waals surface area (Å²) >= 11 is 7.51. The van der Waals surface area contributed by atoms with Crippen LogP contribution in [0.3, 0.4) is 0 Å². The summed E-state index contributed by atoms with van der Waals surface area (Å²) in [6, 6.07) is 9.44. The predicted molar refractivity (Wildman–Crippen MR) is 103 cm³/mol. The topological polar surface area (TPSA) is 46.3 Å². The number of halogens is 1. The molecule has 1 aliphatic heterocycles. The second-order valence-electron chi connectivity index (χ2n) is 6.38. The van der Waals surface area contributed by atoms with Gasteiger partial charge in [-0.05, 0) is 31.9 Å². The molecule has 6 heteroatoms. The minimum atomic E-state index is -0.0674. The van der Waals surface area contributed by atoms with Crippen molar-refractivity contribution in [3.8, 4) is 11.3 Å². The fourth-order valence-electron chi connectivity index (χ4n) is 2.96. The quantitative estimate of drug-likeness (QED) is 0.732. The average molecular weight is 379 g/mol. The zero-order chi connectivity index (χ0) is 17.6. The number of hydrogen-bond acceptors (Lipinski definition) is 4. The van der Waals surface area contributed by atoms with Crippen LogP contribution >= 0.6 is 23.4 Å². The third-order valence-corrected chi connectivity index (χ3v) is 5.84. The molecule has 3 rings (SSSR count). The van der Waals surface area contributed by atoms with Gasteiger partial charge in [-0.1, -0.05) is 41.7 Å². The molecule has 1 atom stereocenters. The Labute approximate surface area is 157 Å². The van der Waals surface area contributed by atoms with Gasteiger partial charge in [0.15, 0.2) is 0 Å². The van der Waals surface area contributed by atoms with Crippen LogP contribution in [-0.4, -0.2) is 34.3 Å². The summed E-state index contributed by atoms with van der Waals surface area (Å²) < 4.78 is 5.42. The molecule has 0 N–H and O–H groups in total. The van der Waals surface area contributed by atoms with Crippen molar-refractivity contribution in [3.63, 3.8) is 0 Å². The molecule has 0 radical (unpaired) electrons. The van der Waals surface area contributed by atoms with E-state index in [-0.39, 0.29) is 11.2 Å². The Bertz CT molecular complexity index is 694. The van der Waals surface area contributed by atoms with Gasteiger partial charge in [0.2, 0.25) is 5.91 Å². The van der Waals surface area contributed by atoms with E-state index in [4.69, 9.17) is 16.1 Å². The van der Waals surface area contributed by atoms with Gasteiger partial charge in [0.1, 0.15) is 11.5 Å². The largest absolute Gasteiger partial charge is 0.360 e. The van der Waals surface area contributed by atoms with E-state index in [1.54, 1.807) is 11.8 Å². The van der Waals surface area contributed by atoms with E-state index in [1.807, 2.05) is 42.2 Å². The van der Waals surface area contributed by atoms with Crippen molar-refractivity contribution in [2.45, 2.75) is 43.6 Å². The monoisotopic (exact) mass is 378 g/mol. The lowest BCUT2D eigenvalue weighted by Crippen LogP contribution is -2.37. The van der Waals surface area contributed by atoms with Gasteiger partial charge in [-0.25, -0.2) is 0 Å². The van der Waals surface area contributed by atoms with E-state index in [9.17, 15) is 4.79 Å². The van der Waals surface area contributed by atoms with Crippen molar-refractivity contribution in [2.75, 3.05) is 13.1 Å². The number of thioether (sulfide) groups is 1. The Morgan fingerprint density at radius 1 is 1.24 bits per heavy atom. The van der Waals surface area contributed by atoms with Crippen LogP contribution < -0.4 is 0 Å². The van der Waals surface area contributed by atoms with Gasteiger partial charge in [0.25, 0.3) is 0 Å². The first-order valence-electron chi connectivity index (χ1n) is 8.75. The maximum absolute atomic E-state index is 12.6. The summed E-state index contributed by atoms with van der Waals surface area (Å²) in [7, 11) is 0. The molecular weight excluding hydrogens is 356 g/mol. The molecule has 1 aliphatic rings. The van der Waals surface area contributed by atoms with Crippen molar-refractivity contribution in [1.29, 1.82) is 0 Å². The van der Waals surface area contributed by atoms with E-state index < -0.39 is 0 Å². The SMILES string of the molecule is CC(SCc1cc(-c2ccc(Cl)cc2)no1)C(=O)N1CCCCCC1. The number of carbonyl (C=O) groups excluding carboxylic acids is 1. The molecular formula is C19H23ClN2O2S. The number of carbonyl (C=O) groups is 1. The summed E-state index contributed by atoms with van der Waals surface area (Å²) in [6.45, 7) is 3.77. The summed E-state index contributed by atoms with van der Waals surface area (Å²) in [6.07, 6.45) is 4.71. The van der Waals surface area contributed by atoms with E-state index in [2.05, 4.69) is 5.16 Å². The lowest BCUT2D eigenvalue weighted by Gasteiger charge is -2.23. The Hall–Kier alpha value is -1.46. The van der Waals surface area contributed by atoms with Crippen LogP contribution in [0.15, 0.2) is 34.9 Å². The van der Waals surface area contributed by atoms with Crippen LogP contribution in [0, 0.1) is 0 Å². The Morgan fingerprint density at radius 3 is 2.60 bits per heavy atom. The predicted octanol–water partition coefficient (Wildman–Crippen LogP) is 5.02. The normalized spacial score (nSPS) is 16.5. The molecule has 134 valence electrons. The molecule has 0 aliphatic carbocycles. The first-order chi connectivity index (χ1) is 12.1. The van der Waals surface area contributed by atoms with Crippen LogP contribution in [0.5, 0.6) is 0 Å². The highest BCUT2D eigenvalue weighted by molar-refractivity contribution is 7.99. The standard InChI is InChI=1S/C19H23ClN2O2S/c1-14(19(23)22-10-4-2-3-5-11-22)25-13-17-12-18(21-24-17)15-6-8-16(20)9-7-15/h6-9,12,14H,2-5,10-11,13H2,1H3. The van der Waals surface area contributed by atoms with Gasteiger partial charge in [-0.3, -0.25) is 4.79 Å². The molecule has 1 amide bonds. The fraction of sp³-hybridized carbons (Fsp3) is 0.474. The summed E-state index contributed by atoms with van der Waals surface area (Å²) in [5.74, 6) is 1.66. The van der Waals surface area contributed by atoms with E-state index in [0.29, 0.717) is 10.8 Å². The van der Waals surface area contributed by atoms with E-state index >= 15 is 0 Å². The molecule has 1 fully saturated rings. The molecule has 25 heavy (non-hydrogen) atoms. The minimum absolute atomic E-state index is 0.0674.